The Kier molecular flexibility index (Phi) is 7.08. The predicted octanol–water partition coefficient (Wildman–Crippen LogP) is 3.04. The Morgan fingerprint density at radius 2 is 1.89 bits per heavy atom. The van der Waals surface area contributed by atoms with Crippen molar-refractivity contribution in [2.75, 3.05) is 26.2 Å². The topological polar surface area (TPSA) is 69.7 Å². The summed E-state index contributed by atoms with van der Waals surface area (Å²) >= 11 is 6.97. The van der Waals surface area contributed by atoms with E-state index in [1.807, 2.05) is 6.92 Å². The zero-order valence-electron chi connectivity index (χ0n) is 16.7. The van der Waals surface area contributed by atoms with Crippen LogP contribution in [0.4, 0.5) is 0 Å². The molecule has 1 aliphatic carbocycles. The summed E-state index contributed by atoms with van der Waals surface area (Å²) in [6.07, 6.45) is 3.43. The minimum absolute atomic E-state index is 0.0484. The van der Waals surface area contributed by atoms with Gasteiger partial charge in [-0.05, 0) is 37.3 Å². The van der Waals surface area contributed by atoms with Gasteiger partial charge in [0.05, 0.1) is 10.4 Å². The SMILES string of the molecule is CC1CCCC(NC(=O)C(C)N2CCN(S(=O)(=O)c3ccc(Cl)s3)CC2)C1C. The number of piperazine rings is 1. The van der Waals surface area contributed by atoms with Crippen molar-refractivity contribution in [3.63, 3.8) is 0 Å². The first-order valence-corrected chi connectivity index (χ1v) is 12.6. The standard InChI is InChI=1S/C19H30ClN3O3S2/c1-13-5-4-6-16(14(13)2)21-19(24)15(3)22-9-11-23(12-10-22)28(25,26)18-8-7-17(20)27-18/h7-8,13-16H,4-6,9-12H2,1-3H3,(H,21,24). The molecule has 1 aromatic heterocycles. The third kappa shape index (κ3) is 4.73. The maximum absolute atomic E-state index is 12.8. The minimum atomic E-state index is -3.51. The van der Waals surface area contributed by atoms with Crippen molar-refractivity contribution in [1.82, 2.24) is 14.5 Å². The first kappa shape index (κ1) is 22.0. The van der Waals surface area contributed by atoms with Crippen molar-refractivity contribution < 1.29 is 13.2 Å². The Morgan fingerprint density at radius 1 is 1.21 bits per heavy atom. The van der Waals surface area contributed by atoms with Crippen molar-refractivity contribution in [2.24, 2.45) is 11.8 Å². The van der Waals surface area contributed by atoms with Gasteiger partial charge < -0.3 is 5.32 Å². The van der Waals surface area contributed by atoms with Crippen LogP contribution in [0.15, 0.2) is 16.3 Å². The number of rotatable bonds is 5. The molecule has 2 heterocycles. The molecule has 1 N–H and O–H groups in total. The van der Waals surface area contributed by atoms with E-state index >= 15 is 0 Å². The van der Waals surface area contributed by atoms with Gasteiger partial charge in [0.2, 0.25) is 5.91 Å². The second kappa shape index (κ2) is 9.00. The molecule has 0 aromatic carbocycles. The van der Waals surface area contributed by atoms with Crippen LogP contribution in [0, 0.1) is 11.8 Å². The lowest BCUT2D eigenvalue weighted by Gasteiger charge is -2.39. The lowest BCUT2D eigenvalue weighted by molar-refractivity contribution is -0.127. The van der Waals surface area contributed by atoms with Gasteiger partial charge in [-0.2, -0.15) is 4.31 Å². The molecule has 2 aliphatic rings. The average molecular weight is 448 g/mol. The molecule has 4 unspecified atom stereocenters. The van der Waals surface area contributed by atoms with Crippen LogP contribution in [0.25, 0.3) is 0 Å². The predicted molar refractivity (Wildman–Crippen MR) is 113 cm³/mol. The number of hydrogen-bond donors (Lipinski definition) is 1. The summed E-state index contributed by atoms with van der Waals surface area (Å²) in [5.74, 6) is 1.17. The molecule has 9 heteroatoms. The zero-order valence-corrected chi connectivity index (χ0v) is 19.1. The van der Waals surface area contributed by atoms with Gasteiger partial charge in [0.15, 0.2) is 0 Å². The molecule has 28 heavy (non-hydrogen) atoms. The van der Waals surface area contributed by atoms with E-state index in [4.69, 9.17) is 11.6 Å². The number of nitrogens with zero attached hydrogens (tertiary/aromatic N) is 2. The fourth-order valence-electron chi connectivity index (χ4n) is 4.15. The monoisotopic (exact) mass is 447 g/mol. The molecular formula is C19H30ClN3O3S2. The van der Waals surface area contributed by atoms with Crippen molar-refractivity contribution in [2.45, 2.75) is 56.3 Å². The second-order valence-corrected chi connectivity index (χ2v) is 11.9. The van der Waals surface area contributed by atoms with Crippen LogP contribution in [0.5, 0.6) is 0 Å². The van der Waals surface area contributed by atoms with Crippen LogP contribution in [0.2, 0.25) is 4.34 Å². The van der Waals surface area contributed by atoms with E-state index in [0.29, 0.717) is 42.4 Å². The van der Waals surface area contributed by atoms with Gasteiger partial charge in [0.25, 0.3) is 10.0 Å². The molecule has 0 radical (unpaired) electrons. The number of hydrogen-bond acceptors (Lipinski definition) is 5. The number of carbonyl (C=O) groups excluding carboxylic acids is 1. The van der Waals surface area contributed by atoms with Crippen molar-refractivity contribution in [3.05, 3.63) is 16.5 Å². The Labute approximate surface area is 177 Å². The van der Waals surface area contributed by atoms with Crippen molar-refractivity contribution in [1.29, 1.82) is 0 Å². The lowest BCUT2D eigenvalue weighted by atomic mass is 9.78. The highest BCUT2D eigenvalue weighted by Gasteiger charge is 2.34. The Balaban J connectivity index is 1.54. The van der Waals surface area contributed by atoms with Crippen LogP contribution < -0.4 is 5.32 Å². The van der Waals surface area contributed by atoms with Crippen LogP contribution in [-0.4, -0.2) is 61.8 Å². The molecule has 1 saturated heterocycles. The van der Waals surface area contributed by atoms with E-state index in [1.54, 1.807) is 12.1 Å². The largest absolute Gasteiger partial charge is 0.352 e. The second-order valence-electron chi connectivity index (χ2n) is 8.06. The summed E-state index contributed by atoms with van der Waals surface area (Å²) in [7, 11) is -3.51. The summed E-state index contributed by atoms with van der Waals surface area (Å²) in [4.78, 5) is 14.8. The summed E-state index contributed by atoms with van der Waals surface area (Å²) < 4.78 is 27.7. The minimum Gasteiger partial charge on any atom is -0.352 e. The fraction of sp³-hybridized carbons (Fsp3) is 0.737. The van der Waals surface area contributed by atoms with Gasteiger partial charge >= 0.3 is 0 Å². The molecule has 3 rings (SSSR count). The van der Waals surface area contributed by atoms with Crippen molar-refractivity contribution >= 4 is 38.9 Å². The molecule has 1 saturated carbocycles. The average Bonchev–Trinajstić information content (AvgIpc) is 3.12. The van der Waals surface area contributed by atoms with E-state index in [2.05, 4.69) is 24.1 Å². The van der Waals surface area contributed by atoms with E-state index in [1.165, 1.54) is 10.7 Å². The number of sulfonamides is 1. The zero-order chi connectivity index (χ0) is 20.5. The van der Waals surface area contributed by atoms with Gasteiger partial charge in [0.1, 0.15) is 4.21 Å². The summed E-state index contributed by atoms with van der Waals surface area (Å²) in [5, 5.41) is 3.24. The number of amides is 1. The first-order valence-electron chi connectivity index (χ1n) is 10.00. The lowest BCUT2D eigenvalue weighted by Crippen LogP contribution is -2.56. The van der Waals surface area contributed by atoms with E-state index in [0.717, 1.165) is 24.2 Å². The smallest absolute Gasteiger partial charge is 0.252 e. The maximum atomic E-state index is 12.8. The van der Waals surface area contributed by atoms with Gasteiger partial charge in [-0.1, -0.05) is 38.3 Å². The molecule has 6 nitrogen and oxygen atoms in total. The van der Waals surface area contributed by atoms with E-state index in [-0.39, 0.29) is 22.2 Å². The Bertz CT molecular complexity index is 790. The molecular weight excluding hydrogens is 418 g/mol. The van der Waals surface area contributed by atoms with Gasteiger partial charge in [0, 0.05) is 32.2 Å². The number of nitrogens with one attached hydrogen (secondary N) is 1. The van der Waals surface area contributed by atoms with E-state index < -0.39 is 10.0 Å². The normalized spacial score (nSPS) is 28.8. The molecule has 0 spiro atoms. The molecule has 1 aromatic rings. The molecule has 4 atom stereocenters. The summed E-state index contributed by atoms with van der Waals surface area (Å²) in [5.41, 5.74) is 0. The van der Waals surface area contributed by atoms with Crippen LogP contribution in [0.3, 0.4) is 0 Å². The summed E-state index contributed by atoms with van der Waals surface area (Å²) in [6.45, 7) is 8.24. The van der Waals surface area contributed by atoms with Crippen LogP contribution in [-0.2, 0) is 14.8 Å². The number of thiophene rings is 1. The fourth-order valence-corrected chi connectivity index (χ4v) is 7.21. The third-order valence-corrected chi connectivity index (χ3v) is 9.97. The van der Waals surface area contributed by atoms with Crippen LogP contribution in [0.1, 0.15) is 40.0 Å². The van der Waals surface area contributed by atoms with E-state index in [9.17, 15) is 13.2 Å². The molecule has 1 aliphatic heterocycles. The molecule has 158 valence electrons. The Hall–Kier alpha value is -0.670. The quantitative estimate of drug-likeness (QED) is 0.753. The molecule has 0 bridgehead atoms. The first-order chi connectivity index (χ1) is 13.2. The third-order valence-electron chi connectivity index (χ3n) is 6.38. The van der Waals surface area contributed by atoms with Crippen molar-refractivity contribution in [3.8, 4) is 0 Å². The van der Waals surface area contributed by atoms with Gasteiger partial charge in [-0.15, -0.1) is 11.3 Å². The summed E-state index contributed by atoms with van der Waals surface area (Å²) in [6, 6.07) is 3.14. The van der Waals surface area contributed by atoms with Crippen LogP contribution >= 0.6 is 22.9 Å². The highest BCUT2D eigenvalue weighted by atomic mass is 35.5. The van der Waals surface area contributed by atoms with Gasteiger partial charge in [-0.3, -0.25) is 9.69 Å². The highest BCUT2D eigenvalue weighted by molar-refractivity contribution is 7.91. The molecule has 1 amide bonds. The van der Waals surface area contributed by atoms with Gasteiger partial charge in [-0.25, -0.2) is 8.42 Å². The number of carbonyl (C=O) groups is 1. The highest BCUT2D eigenvalue weighted by Crippen LogP contribution is 2.30. The Morgan fingerprint density at radius 3 is 2.50 bits per heavy atom. The molecule has 2 fully saturated rings. The number of halogens is 1. The maximum Gasteiger partial charge on any atom is 0.252 e.